The lowest BCUT2D eigenvalue weighted by Crippen LogP contribution is -2.17. The molecule has 6 heteroatoms. The molecule has 1 unspecified atom stereocenters. The lowest BCUT2D eigenvalue weighted by Gasteiger charge is -2.16. The van der Waals surface area contributed by atoms with Crippen LogP contribution >= 0.6 is 0 Å². The van der Waals surface area contributed by atoms with Gasteiger partial charge in [0, 0.05) is 0 Å². The van der Waals surface area contributed by atoms with E-state index in [1.807, 2.05) is 37.3 Å². The first-order valence-electron chi connectivity index (χ1n) is 6.94. The number of nitrogens with zero attached hydrogens (tertiary/aromatic N) is 2. The number of hydrogen-bond acceptors (Lipinski definition) is 5. The summed E-state index contributed by atoms with van der Waals surface area (Å²) in [6.07, 6.45) is 3.08. The molecule has 6 nitrogen and oxygen atoms in total. The standard InChI is InChI=1S/C16H18N2O4/c1-12(13-6-4-3-5-7-13)18-11-17-10-14(18)16(20)22-9-8-15(19)21-2/h3-7,10-12H,8-9H2,1-2H3. The van der Waals surface area contributed by atoms with Crippen LogP contribution < -0.4 is 0 Å². The molecule has 0 aliphatic heterocycles. The van der Waals surface area contributed by atoms with Crippen molar-refractivity contribution in [2.75, 3.05) is 13.7 Å². The third kappa shape index (κ3) is 3.72. The van der Waals surface area contributed by atoms with Crippen molar-refractivity contribution in [2.24, 2.45) is 0 Å². The first-order chi connectivity index (χ1) is 10.6. The van der Waals surface area contributed by atoms with Gasteiger partial charge in [-0.15, -0.1) is 0 Å². The molecule has 1 aromatic heterocycles. The van der Waals surface area contributed by atoms with Crippen LogP contribution in [-0.2, 0) is 14.3 Å². The lowest BCUT2D eigenvalue weighted by molar-refractivity contribution is -0.141. The van der Waals surface area contributed by atoms with Crippen LogP contribution in [0.2, 0.25) is 0 Å². The van der Waals surface area contributed by atoms with Gasteiger partial charge < -0.3 is 14.0 Å². The average Bonchev–Trinajstić information content (AvgIpc) is 3.04. The molecule has 0 radical (unpaired) electrons. The molecular formula is C16H18N2O4. The normalized spacial score (nSPS) is 11.7. The van der Waals surface area contributed by atoms with E-state index in [1.165, 1.54) is 13.3 Å². The molecule has 0 aliphatic carbocycles. The van der Waals surface area contributed by atoms with Crippen molar-refractivity contribution >= 4 is 11.9 Å². The highest BCUT2D eigenvalue weighted by Crippen LogP contribution is 2.19. The number of benzene rings is 1. The van der Waals surface area contributed by atoms with Gasteiger partial charge in [0.15, 0.2) is 0 Å². The van der Waals surface area contributed by atoms with Crippen LogP contribution in [0.1, 0.15) is 35.4 Å². The van der Waals surface area contributed by atoms with Crippen LogP contribution in [0.4, 0.5) is 0 Å². The second-order valence-corrected chi connectivity index (χ2v) is 4.73. The highest BCUT2D eigenvalue weighted by Gasteiger charge is 2.18. The van der Waals surface area contributed by atoms with Crippen LogP contribution in [0, 0.1) is 0 Å². The Labute approximate surface area is 128 Å². The van der Waals surface area contributed by atoms with Crippen LogP contribution in [0.25, 0.3) is 0 Å². The van der Waals surface area contributed by atoms with Crippen LogP contribution in [0.3, 0.4) is 0 Å². The summed E-state index contributed by atoms with van der Waals surface area (Å²) in [7, 11) is 1.29. The topological polar surface area (TPSA) is 70.4 Å². The smallest absolute Gasteiger partial charge is 0.356 e. The number of ether oxygens (including phenoxy) is 2. The number of esters is 2. The largest absolute Gasteiger partial charge is 0.469 e. The predicted octanol–water partition coefficient (Wildman–Crippen LogP) is 2.21. The van der Waals surface area contributed by atoms with Crippen molar-refractivity contribution in [2.45, 2.75) is 19.4 Å². The Bertz CT molecular complexity index is 637. The summed E-state index contributed by atoms with van der Waals surface area (Å²) in [5.41, 5.74) is 1.41. The van der Waals surface area contributed by atoms with Crippen molar-refractivity contribution in [1.82, 2.24) is 9.55 Å². The van der Waals surface area contributed by atoms with Gasteiger partial charge in [-0.05, 0) is 12.5 Å². The molecular weight excluding hydrogens is 284 g/mol. The van der Waals surface area contributed by atoms with Gasteiger partial charge in [0.2, 0.25) is 0 Å². The molecule has 2 rings (SSSR count). The monoisotopic (exact) mass is 302 g/mol. The van der Waals surface area contributed by atoms with Gasteiger partial charge >= 0.3 is 11.9 Å². The van der Waals surface area contributed by atoms with E-state index in [-0.39, 0.29) is 19.1 Å². The van der Waals surface area contributed by atoms with Gasteiger partial charge in [0.1, 0.15) is 12.3 Å². The third-order valence-electron chi connectivity index (χ3n) is 3.34. The van der Waals surface area contributed by atoms with E-state index in [9.17, 15) is 9.59 Å². The summed E-state index contributed by atoms with van der Waals surface area (Å²) in [6.45, 7) is 1.96. The summed E-state index contributed by atoms with van der Waals surface area (Å²) in [6, 6.07) is 9.74. The van der Waals surface area contributed by atoms with E-state index < -0.39 is 11.9 Å². The molecule has 0 spiro atoms. The molecule has 0 saturated heterocycles. The van der Waals surface area contributed by atoms with Crippen molar-refractivity contribution < 1.29 is 19.1 Å². The Balaban J connectivity index is 2.06. The van der Waals surface area contributed by atoms with Gasteiger partial charge in [-0.1, -0.05) is 30.3 Å². The van der Waals surface area contributed by atoms with Crippen LogP contribution in [0.15, 0.2) is 42.9 Å². The summed E-state index contributed by atoms with van der Waals surface area (Å²) < 4.78 is 11.3. The number of methoxy groups -OCH3 is 1. The first-order valence-corrected chi connectivity index (χ1v) is 6.94. The number of carbonyl (C=O) groups excluding carboxylic acids is 2. The quantitative estimate of drug-likeness (QED) is 0.765. The van der Waals surface area contributed by atoms with E-state index in [2.05, 4.69) is 9.72 Å². The molecule has 0 aliphatic rings. The second kappa shape index (κ2) is 7.40. The molecule has 22 heavy (non-hydrogen) atoms. The number of aromatic nitrogens is 2. The molecule has 1 atom stereocenters. The zero-order valence-corrected chi connectivity index (χ0v) is 12.6. The van der Waals surface area contributed by atoms with E-state index in [4.69, 9.17) is 4.74 Å². The maximum absolute atomic E-state index is 12.1. The van der Waals surface area contributed by atoms with Crippen LogP contribution in [-0.4, -0.2) is 35.2 Å². The Morgan fingerprint density at radius 1 is 1.27 bits per heavy atom. The zero-order chi connectivity index (χ0) is 15.9. The van der Waals surface area contributed by atoms with E-state index >= 15 is 0 Å². The zero-order valence-electron chi connectivity index (χ0n) is 12.6. The van der Waals surface area contributed by atoms with Gasteiger partial charge in [-0.25, -0.2) is 9.78 Å². The fourth-order valence-corrected chi connectivity index (χ4v) is 2.07. The van der Waals surface area contributed by atoms with Gasteiger partial charge in [-0.3, -0.25) is 4.79 Å². The fourth-order valence-electron chi connectivity index (χ4n) is 2.07. The van der Waals surface area contributed by atoms with E-state index in [0.717, 1.165) is 5.56 Å². The lowest BCUT2D eigenvalue weighted by atomic mass is 10.1. The van der Waals surface area contributed by atoms with E-state index in [0.29, 0.717) is 5.69 Å². The number of hydrogen-bond donors (Lipinski definition) is 0. The second-order valence-electron chi connectivity index (χ2n) is 4.73. The molecule has 116 valence electrons. The Hall–Kier alpha value is -2.63. The number of imidazole rings is 1. The first kappa shape index (κ1) is 15.8. The number of carbonyl (C=O) groups is 2. The van der Waals surface area contributed by atoms with Gasteiger partial charge in [0.05, 0.1) is 32.1 Å². The summed E-state index contributed by atoms with van der Waals surface area (Å²) in [4.78, 5) is 27.1. The molecule has 0 bridgehead atoms. The Morgan fingerprint density at radius 2 is 2.00 bits per heavy atom. The third-order valence-corrected chi connectivity index (χ3v) is 3.34. The van der Waals surface area contributed by atoms with Gasteiger partial charge in [-0.2, -0.15) is 0 Å². The Morgan fingerprint density at radius 3 is 2.68 bits per heavy atom. The molecule has 2 aromatic rings. The molecule has 0 fully saturated rings. The minimum Gasteiger partial charge on any atom is -0.469 e. The molecule has 1 aromatic carbocycles. The van der Waals surface area contributed by atoms with Crippen molar-refractivity contribution in [1.29, 1.82) is 0 Å². The minimum atomic E-state index is -0.510. The molecule has 0 N–H and O–H groups in total. The van der Waals surface area contributed by atoms with Gasteiger partial charge in [0.25, 0.3) is 0 Å². The maximum atomic E-state index is 12.1. The SMILES string of the molecule is COC(=O)CCOC(=O)c1cncn1C(C)c1ccccc1. The summed E-state index contributed by atoms with van der Waals surface area (Å²) in [5, 5.41) is 0. The summed E-state index contributed by atoms with van der Waals surface area (Å²) in [5.74, 6) is -0.928. The summed E-state index contributed by atoms with van der Waals surface area (Å²) >= 11 is 0. The average molecular weight is 302 g/mol. The minimum absolute atomic E-state index is 0.0175. The highest BCUT2D eigenvalue weighted by molar-refractivity contribution is 5.87. The Kier molecular flexibility index (Phi) is 5.30. The maximum Gasteiger partial charge on any atom is 0.356 e. The van der Waals surface area contributed by atoms with Crippen molar-refractivity contribution in [3.63, 3.8) is 0 Å². The predicted molar refractivity (Wildman–Crippen MR) is 79.4 cm³/mol. The molecule has 0 saturated carbocycles. The van der Waals surface area contributed by atoms with Crippen molar-refractivity contribution in [3.05, 3.63) is 54.1 Å². The van der Waals surface area contributed by atoms with E-state index in [1.54, 1.807) is 10.9 Å². The highest BCUT2D eigenvalue weighted by atomic mass is 16.5. The fraction of sp³-hybridized carbons (Fsp3) is 0.312. The van der Waals surface area contributed by atoms with Crippen LogP contribution in [0.5, 0.6) is 0 Å². The number of rotatable bonds is 6. The molecule has 0 amide bonds. The van der Waals surface area contributed by atoms with Crippen molar-refractivity contribution in [3.8, 4) is 0 Å². The molecule has 1 heterocycles.